The maximum Gasteiger partial charge on any atom is 0.254 e. The van der Waals surface area contributed by atoms with E-state index in [0.717, 1.165) is 25.1 Å². The minimum absolute atomic E-state index is 0.00924. The van der Waals surface area contributed by atoms with Crippen LogP contribution in [0.2, 0.25) is 0 Å². The van der Waals surface area contributed by atoms with E-state index in [4.69, 9.17) is 4.74 Å². The Morgan fingerprint density at radius 3 is 2.68 bits per heavy atom. The monoisotopic (exact) mass is 385 g/mol. The van der Waals surface area contributed by atoms with Crippen LogP contribution in [0.1, 0.15) is 36.2 Å². The maximum absolute atomic E-state index is 13.2. The molecule has 2 aromatic rings. The smallest absolute Gasteiger partial charge is 0.254 e. The number of amides is 1. The van der Waals surface area contributed by atoms with E-state index < -0.39 is 0 Å². The molecule has 1 aromatic heterocycles. The van der Waals surface area contributed by atoms with Gasteiger partial charge in [-0.15, -0.1) is 0 Å². The van der Waals surface area contributed by atoms with Crippen LogP contribution >= 0.6 is 0 Å². The van der Waals surface area contributed by atoms with Gasteiger partial charge >= 0.3 is 0 Å². The van der Waals surface area contributed by atoms with Gasteiger partial charge in [0, 0.05) is 50.0 Å². The lowest BCUT2D eigenvalue weighted by Crippen LogP contribution is -2.45. The second-order valence-corrected chi connectivity index (χ2v) is 7.60. The summed E-state index contributed by atoms with van der Waals surface area (Å²) in [6.45, 7) is 7.42. The number of carbonyl (C=O) groups is 1. The van der Waals surface area contributed by atoms with Gasteiger partial charge in [0.15, 0.2) is 0 Å². The Hall–Kier alpha value is -2.47. The first-order valence-electron chi connectivity index (χ1n) is 9.75. The van der Waals surface area contributed by atoms with E-state index >= 15 is 0 Å². The van der Waals surface area contributed by atoms with Crippen molar-refractivity contribution in [3.05, 3.63) is 59.5 Å². The molecule has 1 saturated heterocycles. The van der Waals surface area contributed by atoms with Gasteiger partial charge in [-0.1, -0.05) is 26.0 Å². The van der Waals surface area contributed by atoms with E-state index in [1.54, 1.807) is 25.4 Å². The van der Waals surface area contributed by atoms with Gasteiger partial charge < -0.3 is 9.64 Å². The highest BCUT2D eigenvalue weighted by molar-refractivity contribution is 5.94. The molecule has 0 N–H and O–H groups in total. The van der Waals surface area contributed by atoms with Crippen LogP contribution in [0.25, 0.3) is 0 Å². The summed E-state index contributed by atoms with van der Waals surface area (Å²) in [5.41, 5.74) is 1.69. The summed E-state index contributed by atoms with van der Waals surface area (Å²) in [5, 5.41) is 0. The number of carbonyl (C=O) groups excluding carboxylic acids is 1. The number of hydrogen-bond donors (Lipinski definition) is 0. The zero-order valence-electron chi connectivity index (χ0n) is 16.8. The van der Waals surface area contributed by atoms with Crippen LogP contribution in [0.15, 0.2) is 42.6 Å². The molecule has 1 atom stereocenters. The molecule has 0 unspecified atom stereocenters. The maximum atomic E-state index is 13.2. The van der Waals surface area contributed by atoms with Crippen molar-refractivity contribution >= 4 is 5.91 Å². The molecule has 1 aliphatic heterocycles. The summed E-state index contributed by atoms with van der Waals surface area (Å²) >= 11 is 0. The van der Waals surface area contributed by atoms with E-state index in [-0.39, 0.29) is 17.8 Å². The van der Waals surface area contributed by atoms with E-state index in [9.17, 15) is 9.18 Å². The fourth-order valence-electron chi connectivity index (χ4n) is 3.74. The molecular weight excluding hydrogens is 357 g/mol. The number of nitrogens with zero attached hydrogens (tertiary/aromatic N) is 3. The number of halogens is 1. The largest absolute Gasteiger partial charge is 0.481 e. The first-order valence-corrected chi connectivity index (χ1v) is 9.75. The van der Waals surface area contributed by atoms with Crippen LogP contribution < -0.4 is 4.74 Å². The van der Waals surface area contributed by atoms with Crippen LogP contribution in [0.3, 0.4) is 0 Å². The highest BCUT2D eigenvalue weighted by Crippen LogP contribution is 2.22. The molecule has 1 aliphatic rings. The average Bonchev–Trinajstić information content (AvgIpc) is 2.92. The zero-order chi connectivity index (χ0) is 20.1. The van der Waals surface area contributed by atoms with E-state index in [1.165, 1.54) is 12.1 Å². The molecule has 0 spiro atoms. The molecule has 28 heavy (non-hydrogen) atoms. The summed E-state index contributed by atoms with van der Waals surface area (Å²) < 4.78 is 18.4. The lowest BCUT2D eigenvalue weighted by atomic mass is 10.0. The summed E-state index contributed by atoms with van der Waals surface area (Å²) in [5.74, 6) is 0.624. The van der Waals surface area contributed by atoms with Crippen LogP contribution in [-0.4, -0.2) is 53.5 Å². The molecule has 6 heteroatoms. The van der Waals surface area contributed by atoms with Crippen molar-refractivity contribution in [3.8, 4) is 5.88 Å². The van der Waals surface area contributed by atoms with E-state index in [1.807, 2.05) is 17.0 Å². The summed E-state index contributed by atoms with van der Waals surface area (Å²) in [6, 6.07) is 10.3. The third-order valence-corrected chi connectivity index (χ3v) is 5.30. The topological polar surface area (TPSA) is 45.7 Å². The van der Waals surface area contributed by atoms with Crippen molar-refractivity contribution < 1.29 is 13.9 Å². The molecular formula is C22H28FN3O2. The van der Waals surface area contributed by atoms with Gasteiger partial charge in [-0.05, 0) is 36.1 Å². The molecule has 0 saturated carbocycles. The Morgan fingerprint density at radius 1 is 1.25 bits per heavy atom. The third kappa shape index (κ3) is 4.87. The van der Waals surface area contributed by atoms with Gasteiger partial charge in [-0.25, -0.2) is 9.37 Å². The van der Waals surface area contributed by atoms with Gasteiger partial charge in [0.1, 0.15) is 5.82 Å². The Morgan fingerprint density at radius 2 is 2.00 bits per heavy atom. The normalized spacial score (nSPS) is 18.2. The Balaban J connectivity index is 1.76. The number of rotatable bonds is 5. The summed E-state index contributed by atoms with van der Waals surface area (Å²) in [4.78, 5) is 21.5. The molecule has 0 bridgehead atoms. The third-order valence-electron chi connectivity index (χ3n) is 5.30. The fourth-order valence-corrected chi connectivity index (χ4v) is 3.74. The number of hydrogen-bond acceptors (Lipinski definition) is 4. The summed E-state index contributed by atoms with van der Waals surface area (Å²) in [6.07, 6.45) is 2.50. The highest BCUT2D eigenvalue weighted by atomic mass is 19.1. The number of methoxy groups -OCH3 is 1. The lowest BCUT2D eigenvalue weighted by molar-refractivity contribution is 0.0702. The lowest BCUT2D eigenvalue weighted by Gasteiger charge is -2.34. The van der Waals surface area contributed by atoms with Gasteiger partial charge in [0.25, 0.3) is 5.91 Å². The van der Waals surface area contributed by atoms with Gasteiger partial charge in [0.2, 0.25) is 5.88 Å². The van der Waals surface area contributed by atoms with E-state index in [0.29, 0.717) is 30.5 Å². The standard InChI is InChI=1S/C22H28FN3O2/c1-16(2)20-15-26(22(27)18-9-10-24-21(13-18)28-3)12-4-11-25(20)14-17-5-7-19(23)8-6-17/h5-10,13,16,20H,4,11-12,14-15H2,1-3H3/t20-/m0/s1. The Bertz CT molecular complexity index is 795. The SMILES string of the molecule is COc1cc(C(=O)N2CCCN(Cc3ccc(F)cc3)[C@H](C(C)C)C2)ccn1. The second-order valence-electron chi connectivity index (χ2n) is 7.60. The van der Waals surface area contributed by atoms with Crippen LogP contribution in [0.4, 0.5) is 4.39 Å². The predicted octanol–water partition coefficient (Wildman–Crippen LogP) is 3.60. The minimum atomic E-state index is -0.218. The molecule has 1 amide bonds. The van der Waals surface area contributed by atoms with Crippen molar-refractivity contribution in [1.82, 2.24) is 14.8 Å². The Labute approximate surface area is 166 Å². The fraction of sp³-hybridized carbons (Fsp3) is 0.455. The van der Waals surface area contributed by atoms with Crippen molar-refractivity contribution in [2.24, 2.45) is 5.92 Å². The predicted molar refractivity (Wildman–Crippen MR) is 107 cm³/mol. The molecule has 1 fully saturated rings. The van der Waals surface area contributed by atoms with Crippen LogP contribution in [0, 0.1) is 11.7 Å². The number of pyridine rings is 1. The summed E-state index contributed by atoms with van der Waals surface area (Å²) in [7, 11) is 1.55. The van der Waals surface area contributed by atoms with Crippen LogP contribution in [0.5, 0.6) is 5.88 Å². The molecule has 3 rings (SSSR count). The number of ether oxygens (including phenoxy) is 1. The molecule has 5 nitrogen and oxygen atoms in total. The van der Waals surface area contributed by atoms with Crippen molar-refractivity contribution in [2.45, 2.75) is 32.9 Å². The van der Waals surface area contributed by atoms with Gasteiger partial charge in [0.05, 0.1) is 7.11 Å². The molecule has 150 valence electrons. The van der Waals surface area contributed by atoms with E-state index in [2.05, 4.69) is 23.7 Å². The number of aromatic nitrogens is 1. The second kappa shape index (κ2) is 9.15. The zero-order valence-corrected chi connectivity index (χ0v) is 16.8. The average molecular weight is 385 g/mol. The molecule has 0 aliphatic carbocycles. The molecule has 0 radical (unpaired) electrons. The van der Waals surface area contributed by atoms with Crippen LogP contribution in [-0.2, 0) is 6.54 Å². The van der Waals surface area contributed by atoms with Crippen molar-refractivity contribution in [1.29, 1.82) is 0 Å². The quantitative estimate of drug-likeness (QED) is 0.789. The van der Waals surface area contributed by atoms with Crippen molar-refractivity contribution in [3.63, 3.8) is 0 Å². The molecule has 1 aromatic carbocycles. The van der Waals surface area contributed by atoms with Crippen molar-refractivity contribution in [2.75, 3.05) is 26.7 Å². The number of benzene rings is 1. The van der Waals surface area contributed by atoms with Gasteiger partial charge in [-0.2, -0.15) is 0 Å². The highest BCUT2D eigenvalue weighted by Gasteiger charge is 2.30. The first-order chi connectivity index (χ1) is 13.5. The first kappa shape index (κ1) is 20.3. The Kier molecular flexibility index (Phi) is 6.62. The molecule has 2 heterocycles. The minimum Gasteiger partial charge on any atom is -0.481 e. The van der Waals surface area contributed by atoms with Gasteiger partial charge in [-0.3, -0.25) is 9.69 Å².